The van der Waals surface area contributed by atoms with E-state index in [-0.39, 0.29) is 23.3 Å². The minimum Gasteiger partial charge on any atom is -0.340 e. The van der Waals surface area contributed by atoms with Gasteiger partial charge in [-0.2, -0.15) is 13.1 Å². The number of aromatic nitrogens is 2. The third-order valence-electron chi connectivity index (χ3n) is 7.07. The molecule has 2 saturated heterocycles. The Morgan fingerprint density at radius 2 is 1.74 bits per heavy atom. The van der Waals surface area contributed by atoms with E-state index in [0.717, 1.165) is 44.3 Å². The van der Waals surface area contributed by atoms with Crippen molar-refractivity contribution in [1.29, 1.82) is 0 Å². The molecule has 2 aliphatic heterocycles. The molecule has 0 unspecified atom stereocenters. The number of nitrogens with zero attached hydrogens (tertiary/aromatic N) is 5. The van der Waals surface area contributed by atoms with E-state index >= 15 is 0 Å². The second-order valence-corrected chi connectivity index (χ2v) is 11.3. The molecule has 0 radical (unpaired) electrons. The van der Waals surface area contributed by atoms with Crippen molar-refractivity contribution in [3.05, 3.63) is 18.2 Å². The topological polar surface area (TPSA) is 86.7 Å². The molecule has 3 aliphatic rings. The van der Waals surface area contributed by atoms with E-state index in [1.807, 2.05) is 4.90 Å². The van der Waals surface area contributed by atoms with Gasteiger partial charge < -0.3 is 4.90 Å². The average molecular weight is 464 g/mol. The molecule has 1 atom stereocenters. The molecule has 1 saturated carbocycles. The van der Waals surface area contributed by atoms with Crippen LogP contribution in [0.2, 0.25) is 0 Å². The summed E-state index contributed by atoms with van der Waals surface area (Å²) in [6, 6.07) is 5.75. The first-order chi connectivity index (χ1) is 15.0. The van der Waals surface area contributed by atoms with Crippen molar-refractivity contribution in [3.63, 3.8) is 0 Å². The molecule has 1 aromatic heterocycles. The van der Waals surface area contributed by atoms with Crippen LogP contribution in [0.3, 0.4) is 0 Å². The molecule has 3 fully saturated rings. The maximum Gasteiger partial charge on any atom is 0.245 e. The molecule has 0 N–H and O–H groups in total. The summed E-state index contributed by atoms with van der Waals surface area (Å²) in [5.41, 5.74) is 1.01. The smallest absolute Gasteiger partial charge is 0.245 e. The Hall–Kier alpha value is -1.62. The summed E-state index contributed by atoms with van der Waals surface area (Å²) >= 11 is 1.02. The maximum atomic E-state index is 13.4. The number of carbonyl (C=O) groups is 1. The van der Waals surface area contributed by atoms with E-state index in [1.54, 1.807) is 18.2 Å². The van der Waals surface area contributed by atoms with Gasteiger partial charge in [0.25, 0.3) is 0 Å². The number of piperazine rings is 1. The second-order valence-electron chi connectivity index (χ2n) is 8.89. The first-order valence-electron chi connectivity index (χ1n) is 11.3. The predicted octanol–water partition coefficient (Wildman–Crippen LogP) is 2.18. The van der Waals surface area contributed by atoms with Crippen LogP contribution >= 0.6 is 11.7 Å². The highest BCUT2D eigenvalue weighted by atomic mass is 32.2. The fraction of sp³-hybridized carbons (Fsp3) is 0.667. The highest BCUT2D eigenvalue weighted by molar-refractivity contribution is 7.89. The van der Waals surface area contributed by atoms with Crippen LogP contribution in [-0.4, -0.2) is 82.5 Å². The summed E-state index contributed by atoms with van der Waals surface area (Å²) in [7, 11) is -3.72. The summed E-state index contributed by atoms with van der Waals surface area (Å²) in [5.74, 6) is -0.158. The number of fused-ring (bicyclic) bond motifs is 1. The summed E-state index contributed by atoms with van der Waals surface area (Å²) in [6.45, 7) is 4.06. The number of piperidine rings is 1. The minimum absolute atomic E-state index is 0.111. The molecule has 8 nitrogen and oxygen atoms in total. The molecular formula is C21H29N5O3S2. The fourth-order valence-corrected chi connectivity index (χ4v) is 7.60. The van der Waals surface area contributed by atoms with Crippen molar-refractivity contribution < 1.29 is 13.2 Å². The van der Waals surface area contributed by atoms with Gasteiger partial charge in [0.2, 0.25) is 15.9 Å². The molecule has 168 valence electrons. The Labute approximate surface area is 187 Å². The molecule has 1 aliphatic carbocycles. The Kier molecular flexibility index (Phi) is 5.98. The molecule has 3 heterocycles. The molecule has 10 heteroatoms. The van der Waals surface area contributed by atoms with Crippen molar-refractivity contribution in [1.82, 2.24) is 22.9 Å². The van der Waals surface area contributed by atoms with Crippen LogP contribution in [-0.2, 0) is 14.8 Å². The van der Waals surface area contributed by atoms with E-state index in [2.05, 4.69) is 13.6 Å². The van der Waals surface area contributed by atoms with E-state index in [1.165, 1.54) is 30.0 Å². The first kappa shape index (κ1) is 21.2. The van der Waals surface area contributed by atoms with Crippen LogP contribution < -0.4 is 0 Å². The third-order valence-corrected chi connectivity index (χ3v) is 9.51. The maximum absolute atomic E-state index is 13.4. The lowest BCUT2D eigenvalue weighted by Crippen LogP contribution is -2.54. The molecule has 0 spiro atoms. The van der Waals surface area contributed by atoms with Gasteiger partial charge in [0, 0.05) is 45.3 Å². The Morgan fingerprint density at radius 1 is 0.968 bits per heavy atom. The molecule has 31 heavy (non-hydrogen) atoms. The molecule has 1 aromatic carbocycles. The zero-order valence-electron chi connectivity index (χ0n) is 17.6. The van der Waals surface area contributed by atoms with Crippen LogP contribution in [0.5, 0.6) is 0 Å². The van der Waals surface area contributed by atoms with Gasteiger partial charge in [0.15, 0.2) is 0 Å². The van der Waals surface area contributed by atoms with Crippen LogP contribution in [0.1, 0.15) is 38.5 Å². The average Bonchev–Trinajstić information content (AvgIpc) is 3.51. The lowest BCUT2D eigenvalue weighted by Gasteiger charge is -2.40. The van der Waals surface area contributed by atoms with Gasteiger partial charge in [0.1, 0.15) is 15.9 Å². The van der Waals surface area contributed by atoms with Crippen LogP contribution in [0.4, 0.5) is 0 Å². The van der Waals surface area contributed by atoms with Gasteiger partial charge in [-0.1, -0.05) is 18.9 Å². The number of amides is 1. The number of hydrogen-bond acceptors (Lipinski definition) is 7. The zero-order valence-corrected chi connectivity index (χ0v) is 19.3. The first-order valence-corrected chi connectivity index (χ1v) is 13.5. The summed E-state index contributed by atoms with van der Waals surface area (Å²) in [4.78, 5) is 17.9. The van der Waals surface area contributed by atoms with Crippen molar-refractivity contribution >= 4 is 38.7 Å². The van der Waals surface area contributed by atoms with E-state index in [4.69, 9.17) is 0 Å². The highest BCUT2D eigenvalue weighted by Gasteiger charge is 2.37. The third kappa shape index (κ3) is 4.10. The van der Waals surface area contributed by atoms with Crippen LogP contribution in [0, 0.1) is 5.92 Å². The minimum atomic E-state index is -3.72. The lowest BCUT2D eigenvalue weighted by atomic mass is 9.97. The number of sulfonamides is 1. The molecule has 5 rings (SSSR count). The number of benzene rings is 1. The lowest BCUT2D eigenvalue weighted by molar-refractivity contribution is -0.138. The summed E-state index contributed by atoms with van der Waals surface area (Å²) in [6.07, 6.45) is 6.65. The zero-order chi connectivity index (χ0) is 21.4. The number of rotatable bonds is 4. The van der Waals surface area contributed by atoms with E-state index < -0.39 is 10.0 Å². The van der Waals surface area contributed by atoms with Crippen molar-refractivity contribution in [2.75, 3.05) is 39.3 Å². The van der Waals surface area contributed by atoms with E-state index in [0.29, 0.717) is 30.0 Å². The SMILES string of the molecule is O=C([C@@H]1CCCN(S(=O)(=O)c2cccc3nsnc23)C1)N1CCN(C2CCCC2)CC1. The second kappa shape index (κ2) is 8.73. The standard InChI is InChI=1S/C21H29N5O3S2/c27-21(25-13-11-24(12-14-25)17-6-1-2-7-17)16-5-4-10-26(15-16)31(28,29)19-9-3-8-18-20(19)23-30-22-18/h3,8-9,16-17H,1-2,4-7,10-15H2/t16-/m1/s1. The quantitative estimate of drug-likeness (QED) is 0.691. The summed E-state index contributed by atoms with van der Waals surface area (Å²) < 4.78 is 36.6. The number of carbonyl (C=O) groups excluding carboxylic acids is 1. The van der Waals surface area contributed by atoms with Crippen molar-refractivity contribution in [2.45, 2.75) is 49.5 Å². The van der Waals surface area contributed by atoms with Crippen molar-refractivity contribution in [3.8, 4) is 0 Å². The van der Waals surface area contributed by atoms with Gasteiger partial charge >= 0.3 is 0 Å². The van der Waals surface area contributed by atoms with Gasteiger partial charge in [-0.25, -0.2) is 8.42 Å². The van der Waals surface area contributed by atoms with E-state index in [9.17, 15) is 13.2 Å². The molecule has 2 aromatic rings. The highest BCUT2D eigenvalue weighted by Crippen LogP contribution is 2.29. The molecule has 1 amide bonds. The largest absolute Gasteiger partial charge is 0.340 e. The normalized spacial score (nSPS) is 24.8. The van der Waals surface area contributed by atoms with Gasteiger partial charge in [0.05, 0.1) is 17.6 Å². The van der Waals surface area contributed by atoms with Crippen LogP contribution in [0.15, 0.2) is 23.1 Å². The van der Waals surface area contributed by atoms with Crippen molar-refractivity contribution in [2.24, 2.45) is 5.92 Å². The Morgan fingerprint density at radius 3 is 2.52 bits per heavy atom. The number of hydrogen-bond donors (Lipinski definition) is 0. The van der Waals surface area contributed by atoms with Gasteiger partial charge in [-0.3, -0.25) is 9.69 Å². The Balaban J connectivity index is 1.26. The van der Waals surface area contributed by atoms with Crippen LogP contribution in [0.25, 0.3) is 11.0 Å². The predicted molar refractivity (Wildman–Crippen MR) is 119 cm³/mol. The molecular weight excluding hydrogens is 434 g/mol. The molecule has 0 bridgehead atoms. The van der Waals surface area contributed by atoms with Gasteiger partial charge in [-0.05, 0) is 37.8 Å². The van der Waals surface area contributed by atoms with Gasteiger partial charge in [-0.15, -0.1) is 0 Å². The fourth-order valence-electron chi connectivity index (χ4n) is 5.33. The monoisotopic (exact) mass is 463 g/mol. The Bertz CT molecular complexity index is 1040. The summed E-state index contributed by atoms with van der Waals surface area (Å²) in [5, 5.41) is 0.